The largest absolute Gasteiger partial charge is 0.317 e. The van der Waals surface area contributed by atoms with Crippen molar-refractivity contribution >= 4 is 6.08 Å². The predicted octanol–water partition coefficient (Wildman–Crippen LogP) is 2.83. The summed E-state index contributed by atoms with van der Waals surface area (Å²) < 4.78 is 0. The second kappa shape index (κ2) is 4.16. The van der Waals surface area contributed by atoms with E-state index in [1.54, 1.807) is 6.08 Å². The van der Waals surface area contributed by atoms with E-state index in [-0.39, 0.29) is 11.0 Å². The molecule has 0 heterocycles. The van der Waals surface area contributed by atoms with Gasteiger partial charge in [-0.2, -0.15) is 4.99 Å². The molecule has 1 saturated carbocycles. The molecule has 1 aliphatic carbocycles. The standard InChI is InChI=1S/C12H18N2O/c1-11(2)10(8-13-4)6-5-7-12(11,3)14-9-15/h10H,5-8H2,1-3H3. The first kappa shape index (κ1) is 11.9. The number of hydrogen-bond acceptors (Lipinski definition) is 2. The van der Waals surface area contributed by atoms with Crippen LogP contribution in [0.5, 0.6) is 0 Å². The molecule has 1 aliphatic rings. The summed E-state index contributed by atoms with van der Waals surface area (Å²) in [7, 11) is 0. The van der Waals surface area contributed by atoms with Crippen LogP contribution in [-0.2, 0) is 4.79 Å². The van der Waals surface area contributed by atoms with Gasteiger partial charge in [0.25, 0.3) is 0 Å². The van der Waals surface area contributed by atoms with E-state index >= 15 is 0 Å². The Kier molecular flexibility index (Phi) is 3.31. The molecule has 0 aromatic carbocycles. The number of rotatable bonds is 2. The Bertz CT molecular complexity index is 323. The summed E-state index contributed by atoms with van der Waals surface area (Å²) in [6.45, 7) is 13.7. The quantitative estimate of drug-likeness (QED) is 0.388. The highest BCUT2D eigenvalue weighted by Gasteiger charge is 2.50. The molecule has 1 fully saturated rings. The zero-order valence-corrected chi connectivity index (χ0v) is 9.71. The van der Waals surface area contributed by atoms with Crippen LogP contribution in [0.25, 0.3) is 4.85 Å². The van der Waals surface area contributed by atoms with E-state index in [0.717, 1.165) is 19.3 Å². The Morgan fingerprint density at radius 1 is 1.53 bits per heavy atom. The lowest BCUT2D eigenvalue weighted by molar-refractivity contribution is 0.0543. The maximum atomic E-state index is 10.5. The zero-order valence-electron chi connectivity index (χ0n) is 9.71. The molecule has 3 nitrogen and oxygen atoms in total. The minimum atomic E-state index is -0.345. The van der Waals surface area contributed by atoms with Crippen molar-refractivity contribution < 1.29 is 4.79 Å². The number of isocyanates is 1. The van der Waals surface area contributed by atoms with Gasteiger partial charge in [0, 0.05) is 11.3 Å². The van der Waals surface area contributed by atoms with E-state index in [0.29, 0.717) is 12.5 Å². The molecule has 0 spiro atoms. The van der Waals surface area contributed by atoms with Crippen LogP contribution in [0.2, 0.25) is 0 Å². The highest BCUT2D eigenvalue weighted by Crippen LogP contribution is 2.49. The third-order valence-electron chi connectivity index (χ3n) is 4.23. The maximum absolute atomic E-state index is 10.5. The van der Waals surface area contributed by atoms with Gasteiger partial charge >= 0.3 is 0 Å². The van der Waals surface area contributed by atoms with E-state index in [1.807, 2.05) is 6.92 Å². The van der Waals surface area contributed by atoms with E-state index in [9.17, 15) is 4.79 Å². The normalized spacial score (nSPS) is 33.9. The third-order valence-corrected chi connectivity index (χ3v) is 4.23. The molecule has 0 saturated heterocycles. The summed E-state index contributed by atoms with van der Waals surface area (Å²) in [4.78, 5) is 18.0. The fourth-order valence-corrected chi connectivity index (χ4v) is 2.55. The number of aliphatic imine (C=N–C) groups is 1. The Morgan fingerprint density at radius 3 is 2.73 bits per heavy atom. The Hall–Kier alpha value is -1.13. The minimum Gasteiger partial charge on any atom is -0.317 e. The van der Waals surface area contributed by atoms with Crippen molar-refractivity contribution in [1.29, 1.82) is 0 Å². The summed E-state index contributed by atoms with van der Waals surface area (Å²) in [5.41, 5.74) is -0.435. The molecule has 2 unspecified atom stereocenters. The van der Waals surface area contributed by atoms with Gasteiger partial charge < -0.3 is 4.85 Å². The summed E-state index contributed by atoms with van der Waals surface area (Å²) in [5, 5.41) is 0. The second-order valence-corrected chi connectivity index (χ2v) is 5.13. The van der Waals surface area contributed by atoms with E-state index in [1.165, 1.54) is 0 Å². The van der Waals surface area contributed by atoms with Gasteiger partial charge in [-0.15, -0.1) is 0 Å². The molecule has 0 aliphatic heterocycles. The fourth-order valence-electron chi connectivity index (χ4n) is 2.55. The van der Waals surface area contributed by atoms with Gasteiger partial charge in [-0.25, -0.2) is 11.4 Å². The fraction of sp³-hybridized carbons (Fsp3) is 0.833. The van der Waals surface area contributed by atoms with Crippen molar-refractivity contribution in [2.24, 2.45) is 16.3 Å². The first-order chi connectivity index (χ1) is 6.98. The average Bonchev–Trinajstić information content (AvgIpc) is 2.15. The van der Waals surface area contributed by atoms with Gasteiger partial charge in [0.1, 0.15) is 0 Å². The van der Waals surface area contributed by atoms with Crippen LogP contribution in [0.3, 0.4) is 0 Å². The van der Waals surface area contributed by atoms with Gasteiger partial charge in [-0.1, -0.05) is 20.3 Å². The third kappa shape index (κ3) is 1.96. The highest BCUT2D eigenvalue weighted by molar-refractivity contribution is 5.35. The van der Waals surface area contributed by atoms with Crippen LogP contribution in [0.15, 0.2) is 4.99 Å². The molecule has 15 heavy (non-hydrogen) atoms. The number of hydrogen-bond donors (Lipinski definition) is 0. The zero-order chi connectivity index (χ0) is 11.5. The first-order valence-electron chi connectivity index (χ1n) is 5.40. The lowest BCUT2D eigenvalue weighted by Gasteiger charge is -2.47. The molecule has 3 heteroatoms. The van der Waals surface area contributed by atoms with Crippen molar-refractivity contribution in [2.45, 2.75) is 45.6 Å². The van der Waals surface area contributed by atoms with E-state index in [4.69, 9.17) is 6.57 Å². The van der Waals surface area contributed by atoms with Crippen molar-refractivity contribution in [2.75, 3.05) is 6.54 Å². The molecular weight excluding hydrogens is 188 g/mol. The minimum absolute atomic E-state index is 0.0901. The Labute approximate surface area is 91.4 Å². The molecule has 0 bridgehead atoms. The van der Waals surface area contributed by atoms with Crippen molar-refractivity contribution in [3.05, 3.63) is 11.4 Å². The van der Waals surface area contributed by atoms with Crippen LogP contribution >= 0.6 is 0 Å². The second-order valence-electron chi connectivity index (χ2n) is 5.13. The molecule has 0 aromatic heterocycles. The molecule has 2 atom stereocenters. The predicted molar refractivity (Wildman–Crippen MR) is 59.1 cm³/mol. The smallest absolute Gasteiger partial charge is 0.235 e. The van der Waals surface area contributed by atoms with Crippen LogP contribution in [0.4, 0.5) is 0 Å². The summed E-state index contributed by atoms with van der Waals surface area (Å²) in [6.07, 6.45) is 4.73. The monoisotopic (exact) mass is 206 g/mol. The van der Waals surface area contributed by atoms with Crippen LogP contribution in [0.1, 0.15) is 40.0 Å². The molecule has 0 aromatic rings. The molecular formula is C12H18N2O. The summed E-state index contributed by atoms with van der Waals surface area (Å²) >= 11 is 0. The van der Waals surface area contributed by atoms with Gasteiger partial charge in [0.15, 0.2) is 0 Å². The van der Waals surface area contributed by atoms with E-state index < -0.39 is 0 Å². The Balaban J connectivity index is 3.01. The van der Waals surface area contributed by atoms with Crippen molar-refractivity contribution in [3.63, 3.8) is 0 Å². The number of carbonyl (C=O) groups excluding carboxylic acids is 1. The maximum Gasteiger partial charge on any atom is 0.235 e. The van der Waals surface area contributed by atoms with Crippen molar-refractivity contribution in [3.8, 4) is 0 Å². The molecule has 0 N–H and O–H groups in total. The van der Waals surface area contributed by atoms with Crippen LogP contribution in [0, 0.1) is 17.9 Å². The summed E-state index contributed by atoms with van der Waals surface area (Å²) in [6, 6.07) is 0. The molecule has 1 rings (SSSR count). The van der Waals surface area contributed by atoms with Crippen LogP contribution < -0.4 is 0 Å². The lowest BCUT2D eigenvalue weighted by atomic mass is 9.58. The van der Waals surface area contributed by atoms with Gasteiger partial charge in [0.2, 0.25) is 12.6 Å². The van der Waals surface area contributed by atoms with E-state index in [2.05, 4.69) is 23.7 Å². The highest BCUT2D eigenvalue weighted by atomic mass is 16.1. The Morgan fingerprint density at radius 2 is 2.20 bits per heavy atom. The average molecular weight is 206 g/mol. The van der Waals surface area contributed by atoms with Gasteiger partial charge in [-0.05, 0) is 19.8 Å². The topological polar surface area (TPSA) is 33.8 Å². The molecule has 82 valence electrons. The molecule has 0 radical (unpaired) electrons. The SMILES string of the molecule is [C-]#[N+]CC1CCCC(C)(N=C=O)C1(C)C. The van der Waals surface area contributed by atoms with Crippen LogP contribution in [-0.4, -0.2) is 18.2 Å². The summed E-state index contributed by atoms with van der Waals surface area (Å²) in [5.74, 6) is 0.339. The first-order valence-corrected chi connectivity index (χ1v) is 5.40. The van der Waals surface area contributed by atoms with Gasteiger partial charge in [-0.3, -0.25) is 0 Å². The lowest BCUT2D eigenvalue weighted by Crippen LogP contribution is -2.49. The van der Waals surface area contributed by atoms with Gasteiger partial charge in [0.05, 0.1) is 5.54 Å². The number of nitrogens with zero attached hydrogens (tertiary/aromatic N) is 2. The molecule has 0 amide bonds. The van der Waals surface area contributed by atoms with Crippen molar-refractivity contribution in [1.82, 2.24) is 0 Å².